The van der Waals surface area contributed by atoms with Crippen LogP contribution in [-0.4, -0.2) is 51.6 Å². The number of ether oxygens (including phenoxy) is 1. The smallest absolute Gasteiger partial charge is 0.352 e. The quantitative estimate of drug-likeness (QED) is 0.769. The van der Waals surface area contributed by atoms with Crippen LogP contribution in [0.1, 0.15) is 13.3 Å². The summed E-state index contributed by atoms with van der Waals surface area (Å²) in [6.45, 7) is 1.69. The predicted molar refractivity (Wildman–Crippen MR) is 90.7 cm³/mol. The van der Waals surface area contributed by atoms with E-state index in [1.807, 2.05) is 11.4 Å². The van der Waals surface area contributed by atoms with Gasteiger partial charge in [0.1, 0.15) is 11.1 Å². The zero-order valence-corrected chi connectivity index (χ0v) is 14.7. The van der Waals surface area contributed by atoms with E-state index in [1.165, 1.54) is 35.1 Å². The van der Waals surface area contributed by atoms with Crippen LogP contribution >= 0.6 is 23.1 Å². The summed E-state index contributed by atoms with van der Waals surface area (Å²) in [7, 11) is 1.37. The van der Waals surface area contributed by atoms with Gasteiger partial charge in [-0.15, -0.1) is 23.1 Å². The highest BCUT2D eigenvalue weighted by Gasteiger charge is 2.65. The highest BCUT2D eigenvalue weighted by Crippen LogP contribution is 2.49. The summed E-state index contributed by atoms with van der Waals surface area (Å²) in [5, 5.41) is 14.1. The molecule has 2 N–H and O–H groups in total. The van der Waals surface area contributed by atoms with Crippen LogP contribution in [0, 0.1) is 0 Å². The Balaban J connectivity index is 1.81. The Morgan fingerprint density at radius 3 is 2.88 bits per heavy atom. The SMILES string of the molecule is CO[C@@]1(CC(=O)Nc2cccs2)C(=O)N2C(C(=O)O)=C(C)CSC21. The van der Waals surface area contributed by atoms with Crippen molar-refractivity contribution in [3.05, 3.63) is 28.8 Å². The maximum absolute atomic E-state index is 12.7. The third-order valence-electron chi connectivity index (χ3n) is 4.09. The number of anilines is 1. The normalized spacial score (nSPS) is 26.0. The zero-order chi connectivity index (χ0) is 17.5. The predicted octanol–water partition coefficient (Wildman–Crippen LogP) is 1.74. The fraction of sp³-hybridized carbons (Fsp3) is 0.400. The van der Waals surface area contributed by atoms with Crippen molar-refractivity contribution in [1.82, 2.24) is 4.90 Å². The number of rotatable bonds is 5. The van der Waals surface area contributed by atoms with E-state index in [0.29, 0.717) is 16.3 Å². The molecular weight excluding hydrogens is 352 g/mol. The number of carboxylic acid groups (broad SMARTS) is 1. The van der Waals surface area contributed by atoms with Crippen LogP contribution in [-0.2, 0) is 19.1 Å². The number of amides is 2. The first-order valence-corrected chi connectivity index (χ1v) is 9.10. The number of hydrogen-bond donors (Lipinski definition) is 2. The number of carboxylic acids is 1. The van der Waals surface area contributed by atoms with Crippen molar-refractivity contribution in [1.29, 1.82) is 0 Å². The van der Waals surface area contributed by atoms with Crippen LogP contribution in [0.15, 0.2) is 28.8 Å². The number of thioether (sulfide) groups is 1. The minimum Gasteiger partial charge on any atom is -0.477 e. The van der Waals surface area contributed by atoms with E-state index in [0.717, 1.165) is 0 Å². The van der Waals surface area contributed by atoms with E-state index >= 15 is 0 Å². The maximum Gasteiger partial charge on any atom is 0.352 e. The average molecular weight is 368 g/mol. The second kappa shape index (κ2) is 6.23. The molecule has 2 aliphatic rings. The van der Waals surface area contributed by atoms with Crippen molar-refractivity contribution in [2.45, 2.75) is 24.3 Å². The molecule has 2 aliphatic heterocycles. The number of nitrogens with zero attached hydrogens (tertiary/aromatic N) is 1. The second-order valence-corrected chi connectivity index (χ2v) is 7.58. The molecule has 0 spiro atoms. The van der Waals surface area contributed by atoms with Crippen molar-refractivity contribution in [2.75, 3.05) is 18.2 Å². The molecule has 1 saturated heterocycles. The molecule has 9 heteroatoms. The molecule has 1 unspecified atom stereocenters. The summed E-state index contributed by atoms with van der Waals surface area (Å²) in [6.07, 6.45) is -0.152. The summed E-state index contributed by atoms with van der Waals surface area (Å²) >= 11 is 2.79. The van der Waals surface area contributed by atoms with Gasteiger partial charge in [-0.25, -0.2) is 4.79 Å². The summed E-state index contributed by atoms with van der Waals surface area (Å²) in [5.74, 6) is -1.48. The number of thiophene rings is 1. The van der Waals surface area contributed by atoms with Gasteiger partial charge in [-0.1, -0.05) is 0 Å². The van der Waals surface area contributed by atoms with Crippen LogP contribution in [0.2, 0.25) is 0 Å². The number of carbonyl (C=O) groups is 3. The van der Waals surface area contributed by atoms with Gasteiger partial charge >= 0.3 is 5.97 Å². The summed E-state index contributed by atoms with van der Waals surface area (Å²) < 4.78 is 5.42. The number of hydrogen-bond acceptors (Lipinski definition) is 6. The summed E-state index contributed by atoms with van der Waals surface area (Å²) in [5.41, 5.74) is -0.701. The third kappa shape index (κ3) is 2.52. The van der Waals surface area contributed by atoms with Crippen molar-refractivity contribution >= 4 is 45.9 Å². The van der Waals surface area contributed by atoms with E-state index in [4.69, 9.17) is 4.74 Å². The Labute approximate surface area is 146 Å². The largest absolute Gasteiger partial charge is 0.477 e. The number of aliphatic carboxylic acids is 1. The molecule has 0 bridgehead atoms. The molecule has 1 aromatic rings. The van der Waals surface area contributed by atoms with Gasteiger partial charge < -0.3 is 15.2 Å². The van der Waals surface area contributed by atoms with Gasteiger partial charge in [-0.2, -0.15) is 0 Å². The maximum atomic E-state index is 12.7. The molecule has 2 amide bonds. The fourth-order valence-electron chi connectivity index (χ4n) is 2.94. The Morgan fingerprint density at radius 2 is 2.29 bits per heavy atom. The van der Waals surface area contributed by atoms with E-state index < -0.39 is 22.9 Å². The lowest BCUT2D eigenvalue weighted by molar-refractivity contribution is -0.186. The molecule has 0 radical (unpaired) electrons. The summed E-state index contributed by atoms with van der Waals surface area (Å²) in [4.78, 5) is 37.6. The van der Waals surface area contributed by atoms with Crippen LogP contribution in [0.4, 0.5) is 5.00 Å². The van der Waals surface area contributed by atoms with Crippen molar-refractivity contribution in [3.8, 4) is 0 Å². The number of methoxy groups -OCH3 is 1. The minimum atomic E-state index is -1.33. The second-order valence-electron chi connectivity index (χ2n) is 5.57. The molecule has 7 nitrogen and oxygen atoms in total. The van der Waals surface area contributed by atoms with Gasteiger partial charge in [0.25, 0.3) is 5.91 Å². The summed E-state index contributed by atoms with van der Waals surface area (Å²) in [6, 6.07) is 3.58. The zero-order valence-electron chi connectivity index (χ0n) is 13.1. The highest BCUT2D eigenvalue weighted by molar-refractivity contribution is 8.00. The Bertz CT molecular complexity index is 730. The van der Waals surface area contributed by atoms with Gasteiger partial charge in [0.05, 0.1) is 11.4 Å². The van der Waals surface area contributed by atoms with E-state index in [1.54, 1.807) is 13.0 Å². The lowest BCUT2D eigenvalue weighted by Gasteiger charge is -2.55. The molecule has 2 atom stereocenters. The van der Waals surface area contributed by atoms with Gasteiger partial charge in [-0.3, -0.25) is 14.5 Å². The van der Waals surface area contributed by atoms with Crippen LogP contribution in [0.5, 0.6) is 0 Å². The number of carbonyl (C=O) groups excluding carboxylic acids is 2. The molecular formula is C15H16N2O5S2. The van der Waals surface area contributed by atoms with Crippen molar-refractivity contribution in [2.24, 2.45) is 0 Å². The van der Waals surface area contributed by atoms with E-state index in [-0.39, 0.29) is 18.0 Å². The Kier molecular flexibility index (Phi) is 4.41. The third-order valence-corrected chi connectivity index (χ3v) is 6.38. The van der Waals surface area contributed by atoms with Crippen LogP contribution in [0.3, 0.4) is 0 Å². The minimum absolute atomic E-state index is 0.00455. The van der Waals surface area contributed by atoms with Crippen molar-refractivity contribution in [3.63, 3.8) is 0 Å². The Hall–Kier alpha value is -1.84. The number of nitrogens with one attached hydrogen (secondary N) is 1. The first kappa shape index (κ1) is 17.0. The highest BCUT2D eigenvalue weighted by atomic mass is 32.2. The average Bonchev–Trinajstić information content (AvgIpc) is 3.04. The molecule has 3 heterocycles. The molecule has 0 aliphatic carbocycles. The molecule has 1 aromatic heterocycles. The molecule has 0 saturated carbocycles. The van der Waals surface area contributed by atoms with Gasteiger partial charge in [0.2, 0.25) is 5.91 Å². The van der Waals surface area contributed by atoms with Crippen LogP contribution in [0.25, 0.3) is 0 Å². The van der Waals surface area contributed by atoms with Crippen LogP contribution < -0.4 is 5.32 Å². The van der Waals surface area contributed by atoms with Gasteiger partial charge in [0, 0.05) is 12.9 Å². The van der Waals surface area contributed by atoms with E-state index in [2.05, 4.69) is 5.32 Å². The molecule has 128 valence electrons. The molecule has 0 aromatic carbocycles. The molecule has 3 rings (SSSR count). The fourth-order valence-corrected chi connectivity index (χ4v) is 5.02. The Morgan fingerprint density at radius 1 is 1.54 bits per heavy atom. The van der Waals surface area contributed by atoms with Crippen molar-refractivity contribution < 1.29 is 24.2 Å². The molecule has 1 fully saturated rings. The topological polar surface area (TPSA) is 95.9 Å². The first-order valence-electron chi connectivity index (χ1n) is 7.17. The van der Waals surface area contributed by atoms with E-state index in [9.17, 15) is 19.5 Å². The van der Waals surface area contributed by atoms with Gasteiger partial charge in [0.15, 0.2) is 5.60 Å². The number of fused-ring (bicyclic) bond motifs is 1. The monoisotopic (exact) mass is 368 g/mol. The number of β-lactam (4-membered cyclic amide) rings is 1. The first-order chi connectivity index (χ1) is 11.4. The standard InChI is InChI=1S/C15H16N2O5S2/c1-8-7-24-14-15(22-2,13(21)17(14)11(8)12(19)20)6-9(18)16-10-4-3-5-23-10/h3-5,14H,6-7H2,1-2H3,(H,16,18)(H,19,20)/t14?,15-/m0/s1. The lowest BCUT2D eigenvalue weighted by atomic mass is 9.86. The molecule has 24 heavy (non-hydrogen) atoms. The lowest BCUT2D eigenvalue weighted by Crippen LogP contribution is -2.75. The van der Waals surface area contributed by atoms with Gasteiger partial charge in [-0.05, 0) is 30.0 Å².